The van der Waals surface area contributed by atoms with E-state index in [0.29, 0.717) is 42.8 Å². The van der Waals surface area contributed by atoms with Gasteiger partial charge in [0.25, 0.3) is 5.91 Å². The van der Waals surface area contributed by atoms with Crippen LogP contribution in [0, 0.1) is 10.1 Å². The zero-order chi connectivity index (χ0) is 21.8. The summed E-state index contributed by atoms with van der Waals surface area (Å²) in [6.45, 7) is 5.51. The van der Waals surface area contributed by atoms with Crippen molar-refractivity contribution in [2.24, 2.45) is 7.05 Å². The van der Waals surface area contributed by atoms with E-state index in [1.807, 2.05) is 18.7 Å². The summed E-state index contributed by atoms with van der Waals surface area (Å²) in [5, 5.41) is 12.3. The number of amides is 1. The van der Waals surface area contributed by atoms with E-state index in [1.54, 1.807) is 41.3 Å². The second kappa shape index (κ2) is 9.90. The van der Waals surface area contributed by atoms with Crippen LogP contribution in [-0.4, -0.2) is 46.5 Å². The van der Waals surface area contributed by atoms with Gasteiger partial charge in [0.05, 0.1) is 16.7 Å². The molecule has 0 saturated carbocycles. The molecule has 0 bridgehead atoms. The molecule has 4 rings (SSSR count). The summed E-state index contributed by atoms with van der Waals surface area (Å²) in [5.41, 5.74) is -0.143. The molecule has 2 aromatic heterocycles. The van der Waals surface area contributed by atoms with Gasteiger partial charge in [0.15, 0.2) is 5.76 Å². The predicted octanol–water partition coefficient (Wildman–Crippen LogP) is 3.19. The quantitative estimate of drug-likeness (QED) is 0.498. The number of carbonyl (C=O) groups excluding carboxylic acids is 1. The number of rotatable bonds is 3. The maximum Gasteiger partial charge on any atom is 0.357 e. The Morgan fingerprint density at radius 3 is 2.29 bits per heavy atom. The molecular formula is C21H27N5O5. The molecule has 0 unspecified atom stereocenters. The first-order valence-electron chi connectivity index (χ1n) is 9.83. The van der Waals surface area contributed by atoms with Gasteiger partial charge in [-0.2, -0.15) is 0 Å². The fourth-order valence-corrected chi connectivity index (χ4v) is 3.64. The number of para-hydroxylation sites is 1. The molecule has 0 atom stereocenters. The Morgan fingerprint density at radius 1 is 1.06 bits per heavy atom. The van der Waals surface area contributed by atoms with E-state index >= 15 is 0 Å². The molecule has 3 heterocycles. The van der Waals surface area contributed by atoms with Gasteiger partial charge in [-0.1, -0.05) is 32.0 Å². The van der Waals surface area contributed by atoms with Gasteiger partial charge in [-0.05, 0) is 18.2 Å². The fraction of sp³-hybridized carbons (Fsp3) is 0.333. The van der Waals surface area contributed by atoms with Crippen LogP contribution in [0.5, 0.6) is 0 Å². The molecule has 1 fully saturated rings. The highest BCUT2D eigenvalue weighted by molar-refractivity contribution is 5.97. The molecule has 1 aromatic carbocycles. The van der Waals surface area contributed by atoms with Crippen molar-refractivity contribution in [1.82, 2.24) is 15.6 Å². The van der Waals surface area contributed by atoms with Gasteiger partial charge in [-0.15, -0.1) is 0 Å². The average molecular weight is 429 g/mol. The van der Waals surface area contributed by atoms with Crippen molar-refractivity contribution in [2.75, 3.05) is 31.1 Å². The first-order chi connectivity index (χ1) is 14.5. The summed E-state index contributed by atoms with van der Waals surface area (Å²) in [5.74, 6) is 0.0476. The van der Waals surface area contributed by atoms with Gasteiger partial charge in [0.1, 0.15) is 5.69 Å². The van der Waals surface area contributed by atoms with Crippen molar-refractivity contribution in [3.63, 3.8) is 0 Å². The Labute approximate surface area is 179 Å². The number of benzene rings is 1. The molecule has 31 heavy (non-hydrogen) atoms. The summed E-state index contributed by atoms with van der Waals surface area (Å²) in [6, 6.07) is 10.4. The lowest BCUT2D eigenvalue weighted by Gasteiger charge is -2.35. The number of nitro groups is 1. The summed E-state index contributed by atoms with van der Waals surface area (Å²) >= 11 is 0. The van der Waals surface area contributed by atoms with Crippen LogP contribution in [0.4, 0.5) is 11.4 Å². The van der Waals surface area contributed by atoms with Crippen molar-refractivity contribution in [1.29, 1.82) is 0 Å². The van der Waals surface area contributed by atoms with Crippen molar-refractivity contribution >= 4 is 28.2 Å². The highest BCUT2D eigenvalue weighted by atomic mass is 16.6. The van der Waals surface area contributed by atoms with Crippen molar-refractivity contribution in [3.05, 3.63) is 68.9 Å². The van der Waals surface area contributed by atoms with Gasteiger partial charge in [0, 0.05) is 38.6 Å². The standard InChI is InChI=1S/C19H18N4O5.C2H6.H3N/c1-20-14-6-3-2-5-13(14)16(17(19(20)25)23(26)27)21-8-10-22(11-9-21)18(24)15-7-4-12-28-15;1-2;/h2-7,12H,8-11H2,1H3;1-2H3;1H3. The first kappa shape index (κ1) is 23.6. The molecule has 3 aromatic rings. The molecule has 10 heteroatoms. The molecule has 1 saturated heterocycles. The number of piperazine rings is 1. The minimum atomic E-state index is -0.646. The average Bonchev–Trinajstić information content (AvgIpc) is 3.32. The summed E-state index contributed by atoms with van der Waals surface area (Å²) in [6.07, 6.45) is 1.44. The number of anilines is 1. The summed E-state index contributed by atoms with van der Waals surface area (Å²) < 4.78 is 6.46. The van der Waals surface area contributed by atoms with Crippen LogP contribution in [0.1, 0.15) is 24.4 Å². The second-order valence-electron chi connectivity index (χ2n) is 6.59. The van der Waals surface area contributed by atoms with E-state index in [-0.39, 0.29) is 17.8 Å². The minimum Gasteiger partial charge on any atom is -0.459 e. The smallest absolute Gasteiger partial charge is 0.357 e. The van der Waals surface area contributed by atoms with Crippen LogP contribution in [0.15, 0.2) is 51.9 Å². The van der Waals surface area contributed by atoms with Gasteiger partial charge >= 0.3 is 11.2 Å². The molecule has 1 amide bonds. The molecule has 10 nitrogen and oxygen atoms in total. The lowest BCUT2D eigenvalue weighted by atomic mass is 10.1. The lowest BCUT2D eigenvalue weighted by Crippen LogP contribution is -2.49. The van der Waals surface area contributed by atoms with E-state index < -0.39 is 16.2 Å². The highest BCUT2D eigenvalue weighted by Gasteiger charge is 2.32. The van der Waals surface area contributed by atoms with Crippen LogP contribution in [-0.2, 0) is 7.05 Å². The molecular weight excluding hydrogens is 402 g/mol. The van der Waals surface area contributed by atoms with Crippen molar-refractivity contribution in [2.45, 2.75) is 13.8 Å². The van der Waals surface area contributed by atoms with E-state index in [9.17, 15) is 19.7 Å². The largest absolute Gasteiger partial charge is 0.459 e. The van der Waals surface area contributed by atoms with Gasteiger partial charge < -0.3 is 24.9 Å². The Morgan fingerprint density at radius 2 is 1.71 bits per heavy atom. The van der Waals surface area contributed by atoms with E-state index in [1.165, 1.54) is 17.9 Å². The molecule has 3 N–H and O–H groups in total. The van der Waals surface area contributed by atoms with E-state index in [0.717, 1.165) is 0 Å². The number of pyridine rings is 1. The van der Waals surface area contributed by atoms with Crippen LogP contribution >= 0.6 is 0 Å². The fourth-order valence-electron chi connectivity index (χ4n) is 3.64. The van der Waals surface area contributed by atoms with Crippen molar-refractivity contribution < 1.29 is 14.1 Å². The monoisotopic (exact) mass is 429 g/mol. The van der Waals surface area contributed by atoms with Crippen LogP contribution < -0.4 is 16.6 Å². The van der Waals surface area contributed by atoms with Crippen molar-refractivity contribution in [3.8, 4) is 0 Å². The number of aryl methyl sites for hydroxylation is 1. The van der Waals surface area contributed by atoms with E-state index in [4.69, 9.17) is 4.42 Å². The third-order valence-electron chi connectivity index (χ3n) is 5.05. The molecule has 166 valence electrons. The van der Waals surface area contributed by atoms with Gasteiger partial charge in [0.2, 0.25) is 0 Å². The lowest BCUT2D eigenvalue weighted by molar-refractivity contribution is -0.385. The maximum atomic E-state index is 12.6. The third-order valence-corrected chi connectivity index (χ3v) is 5.05. The molecule has 0 aliphatic carbocycles. The predicted molar refractivity (Wildman–Crippen MR) is 119 cm³/mol. The molecule has 0 spiro atoms. The number of hydrogen-bond acceptors (Lipinski definition) is 7. The first-order valence-corrected chi connectivity index (χ1v) is 9.83. The summed E-state index contributed by atoms with van der Waals surface area (Å²) in [7, 11) is 1.53. The minimum absolute atomic E-state index is 0. The topological polar surface area (TPSA) is 137 Å². The zero-order valence-corrected chi connectivity index (χ0v) is 17.9. The Bertz CT molecular complexity index is 1120. The number of carbonyl (C=O) groups is 1. The second-order valence-corrected chi connectivity index (χ2v) is 6.59. The SMILES string of the molecule is CC.Cn1c(=O)c([N+](=O)[O-])c(N2CCN(C(=O)c3ccco3)CC2)c2ccccc21.N. The number of fused-ring (bicyclic) bond motifs is 1. The van der Waals surface area contributed by atoms with Crippen LogP contribution in [0.25, 0.3) is 10.9 Å². The number of nitrogens with zero attached hydrogens (tertiary/aromatic N) is 4. The van der Waals surface area contributed by atoms with Crippen LogP contribution in [0.3, 0.4) is 0 Å². The summed E-state index contributed by atoms with van der Waals surface area (Å²) in [4.78, 5) is 39.6. The molecule has 1 aliphatic heterocycles. The van der Waals surface area contributed by atoms with Crippen LogP contribution in [0.2, 0.25) is 0 Å². The molecule has 1 aliphatic rings. The third kappa shape index (κ3) is 4.29. The number of furan rings is 1. The highest BCUT2D eigenvalue weighted by Crippen LogP contribution is 2.33. The normalized spacial score (nSPS) is 13.3. The Balaban J connectivity index is 0.00000111. The van der Waals surface area contributed by atoms with E-state index in [2.05, 4.69) is 0 Å². The van der Waals surface area contributed by atoms with Gasteiger partial charge in [-0.25, -0.2) is 0 Å². The van der Waals surface area contributed by atoms with Gasteiger partial charge in [-0.3, -0.25) is 19.7 Å². The Hall–Kier alpha value is -3.66. The zero-order valence-electron chi connectivity index (χ0n) is 17.9. The maximum absolute atomic E-state index is 12.6. The molecule has 0 radical (unpaired) electrons. The Kier molecular flexibility index (Phi) is 7.54. The number of hydrogen-bond donors (Lipinski definition) is 1. The number of aromatic nitrogens is 1.